The van der Waals surface area contributed by atoms with Gasteiger partial charge in [-0.15, -0.1) is 0 Å². The van der Waals surface area contributed by atoms with Crippen LogP contribution in [-0.2, 0) is 20.7 Å². The van der Waals surface area contributed by atoms with Gasteiger partial charge in [-0.25, -0.2) is 0 Å². The van der Waals surface area contributed by atoms with Gasteiger partial charge in [0.25, 0.3) is 0 Å². The van der Waals surface area contributed by atoms with Gasteiger partial charge in [0.15, 0.2) is 0 Å². The molecular weight excluding hydrogens is 266 g/mol. The molecule has 0 aromatic heterocycles. The molecule has 0 radical (unpaired) electrons. The average molecular weight is 293 g/mol. The third-order valence-electron chi connectivity index (χ3n) is 3.65. The van der Waals surface area contributed by atoms with E-state index >= 15 is 0 Å². The Bertz CT molecular complexity index is 446. The largest absolute Gasteiger partial charge is 0.469 e. The van der Waals surface area contributed by atoms with Crippen LogP contribution in [0.5, 0.6) is 0 Å². The molecule has 0 fully saturated rings. The molecule has 118 valence electrons. The molecule has 1 unspecified atom stereocenters. The smallest absolute Gasteiger partial charge is 0.307 e. The highest BCUT2D eigenvalue weighted by Crippen LogP contribution is 2.13. The molecule has 1 atom stereocenters. The van der Waals surface area contributed by atoms with Crippen LogP contribution in [0.25, 0.3) is 0 Å². The van der Waals surface area contributed by atoms with E-state index in [9.17, 15) is 4.79 Å². The van der Waals surface area contributed by atoms with E-state index in [1.54, 1.807) is 7.11 Å². The zero-order chi connectivity index (χ0) is 15.7. The van der Waals surface area contributed by atoms with Crippen LogP contribution in [0.4, 0.5) is 0 Å². The third-order valence-corrected chi connectivity index (χ3v) is 3.65. The molecule has 0 aliphatic heterocycles. The molecule has 0 heterocycles. The summed E-state index contributed by atoms with van der Waals surface area (Å²) in [6, 6.07) is 6.54. The van der Waals surface area contributed by atoms with Crippen LogP contribution in [0.1, 0.15) is 29.5 Å². The number of ether oxygens (including phenoxy) is 2. The van der Waals surface area contributed by atoms with Crippen molar-refractivity contribution in [2.75, 3.05) is 27.4 Å². The van der Waals surface area contributed by atoms with Crippen LogP contribution in [0.2, 0.25) is 0 Å². The van der Waals surface area contributed by atoms with Gasteiger partial charge in [-0.1, -0.05) is 18.2 Å². The van der Waals surface area contributed by atoms with Crippen molar-refractivity contribution in [3.05, 3.63) is 34.9 Å². The highest BCUT2D eigenvalue weighted by atomic mass is 16.5. The van der Waals surface area contributed by atoms with E-state index in [-0.39, 0.29) is 12.0 Å². The molecule has 1 aromatic carbocycles. The van der Waals surface area contributed by atoms with Crippen LogP contribution >= 0.6 is 0 Å². The van der Waals surface area contributed by atoms with E-state index in [0.717, 1.165) is 26.0 Å². The van der Waals surface area contributed by atoms with Crippen molar-refractivity contribution in [3.8, 4) is 0 Å². The lowest BCUT2D eigenvalue weighted by molar-refractivity contribution is -0.141. The Morgan fingerprint density at radius 2 is 2.00 bits per heavy atom. The average Bonchev–Trinajstić information content (AvgIpc) is 2.47. The topological polar surface area (TPSA) is 47.6 Å². The van der Waals surface area contributed by atoms with Gasteiger partial charge >= 0.3 is 5.97 Å². The van der Waals surface area contributed by atoms with Crippen LogP contribution < -0.4 is 5.32 Å². The molecule has 0 aliphatic rings. The molecule has 1 rings (SSSR count). The number of carbonyl (C=O) groups excluding carboxylic acids is 1. The number of carbonyl (C=O) groups is 1. The first-order chi connectivity index (χ1) is 10.1. The third kappa shape index (κ3) is 6.74. The van der Waals surface area contributed by atoms with Crippen LogP contribution in [0, 0.1) is 13.8 Å². The Morgan fingerprint density at radius 3 is 2.62 bits per heavy atom. The monoisotopic (exact) mass is 293 g/mol. The van der Waals surface area contributed by atoms with E-state index in [1.807, 2.05) is 0 Å². The Morgan fingerprint density at radius 1 is 1.24 bits per heavy atom. The molecule has 0 bridgehead atoms. The van der Waals surface area contributed by atoms with Gasteiger partial charge < -0.3 is 14.8 Å². The fourth-order valence-electron chi connectivity index (χ4n) is 2.24. The molecule has 0 saturated carbocycles. The van der Waals surface area contributed by atoms with Gasteiger partial charge in [0.2, 0.25) is 0 Å². The second kappa shape index (κ2) is 9.53. The van der Waals surface area contributed by atoms with E-state index < -0.39 is 0 Å². The first kappa shape index (κ1) is 17.7. The lowest BCUT2D eigenvalue weighted by Gasteiger charge is -2.18. The molecule has 0 saturated heterocycles. The lowest BCUT2D eigenvalue weighted by atomic mass is 9.99. The summed E-state index contributed by atoms with van der Waals surface area (Å²) < 4.78 is 9.83. The molecule has 4 heteroatoms. The first-order valence-corrected chi connectivity index (χ1v) is 7.42. The number of methoxy groups -OCH3 is 2. The molecule has 1 N–H and O–H groups in total. The second-order valence-corrected chi connectivity index (χ2v) is 5.40. The number of aryl methyl sites for hydroxylation is 2. The number of nitrogens with one attached hydrogen (secondary N) is 1. The number of rotatable bonds is 9. The summed E-state index contributed by atoms with van der Waals surface area (Å²) in [5.74, 6) is -0.178. The van der Waals surface area contributed by atoms with E-state index in [4.69, 9.17) is 9.47 Å². The van der Waals surface area contributed by atoms with Crippen molar-refractivity contribution in [1.29, 1.82) is 0 Å². The van der Waals surface area contributed by atoms with Gasteiger partial charge in [-0.3, -0.25) is 4.79 Å². The number of benzene rings is 1. The molecule has 1 aromatic rings. The zero-order valence-electron chi connectivity index (χ0n) is 13.6. The fourth-order valence-corrected chi connectivity index (χ4v) is 2.24. The molecule has 0 aliphatic carbocycles. The summed E-state index contributed by atoms with van der Waals surface area (Å²) in [7, 11) is 3.13. The SMILES string of the molecule is COCCCNC(CC(=O)OC)Cc1ccc(C)c(C)c1. The minimum absolute atomic E-state index is 0.0939. The van der Waals surface area contributed by atoms with Gasteiger partial charge in [-0.05, 0) is 49.9 Å². The summed E-state index contributed by atoms with van der Waals surface area (Å²) in [6.45, 7) is 5.77. The predicted molar refractivity (Wildman–Crippen MR) is 84.5 cm³/mol. The maximum atomic E-state index is 11.5. The van der Waals surface area contributed by atoms with Crippen LogP contribution in [0.15, 0.2) is 18.2 Å². The maximum absolute atomic E-state index is 11.5. The highest BCUT2D eigenvalue weighted by molar-refractivity contribution is 5.70. The molecule has 21 heavy (non-hydrogen) atoms. The summed E-state index contributed by atoms with van der Waals surface area (Å²) >= 11 is 0. The van der Waals surface area contributed by atoms with Crippen molar-refractivity contribution >= 4 is 5.97 Å². The molecule has 0 amide bonds. The minimum atomic E-state index is -0.178. The van der Waals surface area contributed by atoms with Crippen molar-refractivity contribution in [2.45, 2.75) is 39.2 Å². The molecular formula is C17H27NO3. The number of hydrogen-bond acceptors (Lipinski definition) is 4. The summed E-state index contributed by atoms with van der Waals surface area (Å²) in [5, 5.41) is 3.42. The van der Waals surface area contributed by atoms with Crippen molar-refractivity contribution in [1.82, 2.24) is 5.32 Å². The Labute approximate surface area is 127 Å². The van der Waals surface area contributed by atoms with Gasteiger partial charge in [-0.2, -0.15) is 0 Å². The summed E-state index contributed by atoms with van der Waals surface area (Å²) in [6.07, 6.45) is 2.14. The van der Waals surface area contributed by atoms with Crippen molar-refractivity contribution < 1.29 is 14.3 Å². The van der Waals surface area contributed by atoms with E-state index in [1.165, 1.54) is 23.8 Å². The normalized spacial score (nSPS) is 12.2. The van der Waals surface area contributed by atoms with Gasteiger partial charge in [0.05, 0.1) is 13.5 Å². The molecule has 0 spiro atoms. The number of esters is 1. The second-order valence-electron chi connectivity index (χ2n) is 5.40. The quantitative estimate of drug-likeness (QED) is 0.561. The van der Waals surface area contributed by atoms with Crippen molar-refractivity contribution in [3.63, 3.8) is 0 Å². The minimum Gasteiger partial charge on any atom is -0.469 e. The summed E-state index contributed by atoms with van der Waals surface area (Å²) in [5.41, 5.74) is 3.81. The standard InChI is InChI=1S/C17H27NO3/c1-13-6-7-15(10-14(13)2)11-16(12-17(19)21-4)18-8-5-9-20-3/h6-7,10,16,18H,5,8-9,11-12H2,1-4H3. The van der Waals surface area contributed by atoms with Gasteiger partial charge in [0, 0.05) is 19.8 Å². The number of hydrogen-bond donors (Lipinski definition) is 1. The van der Waals surface area contributed by atoms with E-state index in [2.05, 4.69) is 37.4 Å². The van der Waals surface area contributed by atoms with Crippen LogP contribution in [0.3, 0.4) is 0 Å². The Balaban J connectivity index is 2.61. The Kier molecular flexibility index (Phi) is 8.01. The maximum Gasteiger partial charge on any atom is 0.307 e. The predicted octanol–water partition coefficient (Wildman–Crippen LogP) is 2.40. The first-order valence-electron chi connectivity index (χ1n) is 7.42. The fraction of sp³-hybridized carbons (Fsp3) is 0.588. The van der Waals surface area contributed by atoms with Crippen molar-refractivity contribution in [2.24, 2.45) is 0 Å². The van der Waals surface area contributed by atoms with E-state index in [0.29, 0.717) is 6.42 Å². The highest BCUT2D eigenvalue weighted by Gasteiger charge is 2.14. The van der Waals surface area contributed by atoms with Gasteiger partial charge in [0.1, 0.15) is 0 Å². The lowest BCUT2D eigenvalue weighted by Crippen LogP contribution is -2.34. The van der Waals surface area contributed by atoms with Crippen LogP contribution in [-0.4, -0.2) is 39.4 Å². The zero-order valence-corrected chi connectivity index (χ0v) is 13.6. The molecule has 4 nitrogen and oxygen atoms in total. The summed E-state index contributed by atoms with van der Waals surface area (Å²) in [4.78, 5) is 11.5. The Hall–Kier alpha value is -1.39.